The zero-order valence-corrected chi connectivity index (χ0v) is 17.6. The van der Waals surface area contributed by atoms with E-state index >= 15 is 0 Å². The minimum atomic E-state index is 0. The van der Waals surface area contributed by atoms with Gasteiger partial charge in [0.25, 0.3) is 0 Å². The van der Waals surface area contributed by atoms with Crippen molar-refractivity contribution < 1.29 is 16.9 Å². The van der Waals surface area contributed by atoms with Crippen molar-refractivity contribution in [1.82, 2.24) is 0 Å². The summed E-state index contributed by atoms with van der Waals surface area (Å²) in [5.74, 6) is 0. The highest BCUT2D eigenvalue weighted by Crippen LogP contribution is 2.30. The largest absolute Gasteiger partial charge is 1.00 e. The van der Waals surface area contributed by atoms with E-state index < -0.39 is 0 Å². The molecule has 144 valence electrons. The Morgan fingerprint density at radius 2 is 1.32 bits per heavy atom. The van der Waals surface area contributed by atoms with Crippen LogP contribution < -0.4 is 12.4 Å². The number of benzene rings is 1. The van der Waals surface area contributed by atoms with E-state index in [2.05, 4.69) is 64.1 Å². The lowest BCUT2D eigenvalue weighted by Gasteiger charge is -2.35. The number of nitrogens with zero attached hydrogens (tertiary/aromatic N) is 1. The van der Waals surface area contributed by atoms with Gasteiger partial charge in [-0.1, -0.05) is 95.0 Å². The van der Waals surface area contributed by atoms with Crippen LogP contribution in [0.3, 0.4) is 0 Å². The van der Waals surface area contributed by atoms with E-state index in [1.165, 1.54) is 76.2 Å². The molecule has 0 radical (unpaired) electrons. The smallest absolute Gasteiger partial charge is 0.118 e. The number of rotatable bonds is 14. The first-order chi connectivity index (χ1) is 11.6. The summed E-state index contributed by atoms with van der Waals surface area (Å²) in [5.41, 5.74) is 1.44. The number of halogens is 1. The molecule has 2 heteroatoms. The van der Waals surface area contributed by atoms with Gasteiger partial charge in [-0.2, -0.15) is 0 Å². The molecule has 0 spiro atoms. The van der Waals surface area contributed by atoms with Crippen LogP contribution in [0.4, 0.5) is 0 Å². The topological polar surface area (TPSA) is 0 Å². The Labute approximate surface area is 163 Å². The van der Waals surface area contributed by atoms with Gasteiger partial charge in [-0.15, -0.1) is 0 Å². The van der Waals surface area contributed by atoms with Crippen molar-refractivity contribution in [2.75, 3.05) is 14.1 Å². The molecule has 0 heterocycles. The van der Waals surface area contributed by atoms with Crippen molar-refractivity contribution in [3.63, 3.8) is 0 Å². The van der Waals surface area contributed by atoms with Crippen LogP contribution in [0.15, 0.2) is 43.1 Å². The van der Waals surface area contributed by atoms with Crippen LogP contribution in [0.2, 0.25) is 0 Å². The molecule has 0 saturated carbocycles. The van der Waals surface area contributed by atoms with Gasteiger partial charge in [0.05, 0.1) is 20.3 Å². The molecule has 1 aromatic rings. The summed E-state index contributed by atoms with van der Waals surface area (Å²) in [4.78, 5) is 0. The van der Waals surface area contributed by atoms with E-state index in [-0.39, 0.29) is 12.4 Å². The number of hydrogen-bond acceptors (Lipinski definition) is 0. The molecule has 0 aliphatic rings. The first-order valence-electron chi connectivity index (χ1n) is 10.1. The van der Waals surface area contributed by atoms with Gasteiger partial charge in [0.15, 0.2) is 0 Å². The van der Waals surface area contributed by atoms with Crippen molar-refractivity contribution in [1.29, 1.82) is 0 Å². The van der Waals surface area contributed by atoms with Gasteiger partial charge < -0.3 is 12.4 Å². The Bertz CT molecular complexity index is 427. The molecule has 0 aliphatic heterocycles. The van der Waals surface area contributed by atoms with Crippen LogP contribution >= 0.6 is 0 Å². The van der Waals surface area contributed by atoms with E-state index in [1.54, 1.807) is 0 Å². The first-order valence-corrected chi connectivity index (χ1v) is 10.1. The van der Waals surface area contributed by atoms with Crippen molar-refractivity contribution in [3.05, 3.63) is 48.7 Å². The maximum Gasteiger partial charge on any atom is 0.118 e. The highest BCUT2D eigenvalue weighted by atomic mass is 35.5. The number of unbranched alkanes of at least 4 members (excludes halogenated alkanes) is 9. The Kier molecular flexibility index (Phi) is 13.9. The number of hydrogen-bond donors (Lipinski definition) is 0. The van der Waals surface area contributed by atoms with Gasteiger partial charge in [-0.25, -0.2) is 0 Å². The highest BCUT2D eigenvalue weighted by Gasteiger charge is 2.26. The molecule has 25 heavy (non-hydrogen) atoms. The van der Waals surface area contributed by atoms with Gasteiger partial charge in [0.1, 0.15) is 6.04 Å². The van der Waals surface area contributed by atoms with Crippen LogP contribution in [-0.2, 0) is 0 Å². The van der Waals surface area contributed by atoms with E-state index in [9.17, 15) is 0 Å². The average Bonchev–Trinajstić information content (AvgIpc) is 2.60. The monoisotopic (exact) mass is 365 g/mol. The second-order valence-electron chi connectivity index (χ2n) is 7.71. The van der Waals surface area contributed by atoms with Crippen LogP contribution in [-0.4, -0.2) is 18.6 Å². The minimum absolute atomic E-state index is 0. The van der Waals surface area contributed by atoms with Crippen molar-refractivity contribution in [2.45, 2.75) is 83.6 Å². The fourth-order valence-corrected chi connectivity index (χ4v) is 3.51. The molecule has 1 atom stereocenters. The van der Waals surface area contributed by atoms with Gasteiger partial charge in [-0.3, -0.25) is 4.48 Å². The third kappa shape index (κ3) is 10.1. The molecule has 1 rings (SSSR count). The van der Waals surface area contributed by atoms with Crippen LogP contribution in [0.5, 0.6) is 0 Å². The molecule has 0 N–H and O–H groups in total. The lowest BCUT2D eigenvalue weighted by Crippen LogP contribution is -3.00. The zero-order chi connectivity index (χ0) is 17.7. The van der Waals surface area contributed by atoms with E-state index in [4.69, 9.17) is 0 Å². The minimum Gasteiger partial charge on any atom is -1.00 e. The SMILES string of the molecule is C=C[N+](C)(C)C(CCCCCCCCCCCC)c1ccccc1.[Cl-]. The second-order valence-corrected chi connectivity index (χ2v) is 7.71. The van der Waals surface area contributed by atoms with Crippen LogP contribution in [0.1, 0.15) is 89.2 Å². The molecule has 1 nitrogen and oxygen atoms in total. The summed E-state index contributed by atoms with van der Waals surface area (Å²) in [7, 11) is 4.53. The molecule has 0 aromatic heterocycles. The Morgan fingerprint density at radius 3 is 1.80 bits per heavy atom. The molecular formula is C23H40ClN. The summed E-state index contributed by atoms with van der Waals surface area (Å²) >= 11 is 0. The predicted octanol–water partition coefficient (Wildman–Crippen LogP) is 4.26. The third-order valence-corrected chi connectivity index (χ3v) is 5.29. The van der Waals surface area contributed by atoms with E-state index in [1.807, 2.05) is 0 Å². The van der Waals surface area contributed by atoms with Gasteiger partial charge in [0, 0.05) is 12.0 Å². The molecule has 0 amide bonds. The zero-order valence-electron chi connectivity index (χ0n) is 16.9. The highest BCUT2D eigenvalue weighted by molar-refractivity contribution is 5.17. The molecule has 0 aliphatic carbocycles. The van der Waals surface area contributed by atoms with Gasteiger partial charge >= 0.3 is 0 Å². The van der Waals surface area contributed by atoms with Crippen molar-refractivity contribution in [3.8, 4) is 0 Å². The fraction of sp³-hybridized carbons (Fsp3) is 0.652. The van der Waals surface area contributed by atoms with Crippen LogP contribution in [0.25, 0.3) is 0 Å². The lowest BCUT2D eigenvalue weighted by atomic mass is 9.97. The van der Waals surface area contributed by atoms with Crippen LogP contribution in [0, 0.1) is 0 Å². The molecular weight excluding hydrogens is 326 g/mol. The quantitative estimate of drug-likeness (QED) is 0.341. The summed E-state index contributed by atoms with van der Waals surface area (Å²) < 4.78 is 0.863. The fourth-order valence-electron chi connectivity index (χ4n) is 3.51. The number of quaternary nitrogens is 1. The maximum atomic E-state index is 4.05. The van der Waals surface area contributed by atoms with Crippen molar-refractivity contribution >= 4 is 0 Å². The summed E-state index contributed by atoms with van der Waals surface area (Å²) in [6.07, 6.45) is 17.3. The average molecular weight is 366 g/mol. The Morgan fingerprint density at radius 1 is 0.840 bits per heavy atom. The van der Waals surface area contributed by atoms with Crippen molar-refractivity contribution in [2.24, 2.45) is 0 Å². The maximum absolute atomic E-state index is 4.05. The van der Waals surface area contributed by atoms with E-state index in [0.29, 0.717) is 6.04 Å². The third-order valence-electron chi connectivity index (χ3n) is 5.29. The summed E-state index contributed by atoms with van der Waals surface area (Å²) in [6.45, 7) is 6.34. The molecule has 0 bridgehead atoms. The molecule has 1 unspecified atom stereocenters. The first kappa shape index (κ1) is 24.2. The molecule has 0 fully saturated rings. The van der Waals surface area contributed by atoms with Gasteiger partial charge in [0.2, 0.25) is 0 Å². The normalized spacial score (nSPS) is 12.4. The van der Waals surface area contributed by atoms with E-state index in [0.717, 1.165) is 4.48 Å². The molecule has 0 saturated heterocycles. The lowest BCUT2D eigenvalue weighted by molar-refractivity contribution is -0.872. The standard InChI is InChI=1S/C23H40N.ClH/c1-5-7-8-9-10-11-12-13-14-18-21-23(24(3,4)6-2)22-19-16-15-17-20-22;/h6,15-17,19-20,23H,2,5,7-14,18,21H2,1,3-4H3;1H/q+1;/p-1. The Balaban J connectivity index is 0.00000576. The summed E-state index contributed by atoms with van der Waals surface area (Å²) in [6, 6.07) is 11.5. The summed E-state index contributed by atoms with van der Waals surface area (Å²) in [5, 5.41) is 0. The predicted molar refractivity (Wildman–Crippen MR) is 108 cm³/mol. The molecule has 1 aromatic carbocycles. The second kappa shape index (κ2) is 14.4. The van der Waals surface area contributed by atoms with Gasteiger partial charge in [-0.05, 0) is 13.0 Å². The Hall–Kier alpha value is -0.790.